The summed E-state index contributed by atoms with van der Waals surface area (Å²) in [6.45, 7) is 0. The number of nitrogens with zero attached hydrogens (tertiary/aromatic N) is 3. The topological polar surface area (TPSA) is 94.0 Å². The zero-order chi connectivity index (χ0) is 10.8. The van der Waals surface area contributed by atoms with Gasteiger partial charge in [-0.2, -0.15) is 10.2 Å². The molecule has 0 bridgehead atoms. The third kappa shape index (κ3) is 1.52. The molecule has 2 rings (SSSR count). The summed E-state index contributed by atoms with van der Waals surface area (Å²) in [4.78, 5) is 12.1. The number of hydrogen-bond donors (Lipinski definition) is 2. The lowest BCUT2D eigenvalue weighted by atomic mass is 10.1. The summed E-state index contributed by atoms with van der Waals surface area (Å²) in [5.41, 5.74) is 6.37. The van der Waals surface area contributed by atoms with Crippen LogP contribution in [0.3, 0.4) is 0 Å². The lowest BCUT2D eigenvalue weighted by Crippen LogP contribution is -2.10. The summed E-state index contributed by atoms with van der Waals surface area (Å²) in [7, 11) is 0. The van der Waals surface area contributed by atoms with Gasteiger partial charge in [0.05, 0.1) is 23.6 Å². The number of nitrogen functional groups attached to an aromatic ring is 1. The number of rotatable bonds is 2. The number of hydrogen-bond acceptors (Lipinski definition) is 4. The van der Waals surface area contributed by atoms with Gasteiger partial charge in [-0.15, -0.1) is 4.80 Å². The van der Waals surface area contributed by atoms with Crippen LogP contribution < -0.4 is 5.73 Å². The Morgan fingerprint density at radius 2 is 2.00 bits per heavy atom. The van der Waals surface area contributed by atoms with E-state index in [1.807, 2.05) is 0 Å². The van der Waals surface area contributed by atoms with Crippen molar-refractivity contribution in [3.8, 4) is 5.69 Å². The van der Waals surface area contributed by atoms with Crippen molar-refractivity contribution in [3.63, 3.8) is 0 Å². The number of para-hydroxylation sites is 1. The molecule has 0 aliphatic carbocycles. The second-order valence-electron chi connectivity index (χ2n) is 2.87. The quantitative estimate of drug-likeness (QED) is 0.696. The van der Waals surface area contributed by atoms with E-state index >= 15 is 0 Å². The molecule has 3 N–H and O–H groups in total. The summed E-state index contributed by atoms with van der Waals surface area (Å²) in [6, 6.07) is 4.63. The Morgan fingerprint density at radius 3 is 2.60 bits per heavy atom. The van der Waals surface area contributed by atoms with Crippen molar-refractivity contribution < 1.29 is 9.90 Å². The minimum absolute atomic E-state index is 0.0752. The van der Waals surface area contributed by atoms with Crippen LogP contribution in [0.15, 0.2) is 30.6 Å². The lowest BCUT2D eigenvalue weighted by Gasteiger charge is -2.07. The maximum Gasteiger partial charge on any atom is 0.338 e. The van der Waals surface area contributed by atoms with Crippen LogP contribution in [0.5, 0.6) is 0 Å². The van der Waals surface area contributed by atoms with Crippen molar-refractivity contribution >= 4 is 11.7 Å². The maximum absolute atomic E-state index is 10.9. The lowest BCUT2D eigenvalue weighted by molar-refractivity contribution is 0.0696. The average Bonchev–Trinajstić information content (AvgIpc) is 2.70. The summed E-state index contributed by atoms with van der Waals surface area (Å²) < 4.78 is 0. The van der Waals surface area contributed by atoms with E-state index < -0.39 is 5.97 Å². The first-order valence-corrected chi connectivity index (χ1v) is 4.18. The highest BCUT2D eigenvalue weighted by atomic mass is 16.4. The molecule has 6 nitrogen and oxygen atoms in total. The first-order chi connectivity index (χ1) is 7.20. The van der Waals surface area contributed by atoms with Gasteiger partial charge < -0.3 is 10.8 Å². The van der Waals surface area contributed by atoms with Crippen molar-refractivity contribution in [1.82, 2.24) is 15.0 Å². The molecule has 1 aromatic carbocycles. The van der Waals surface area contributed by atoms with Gasteiger partial charge in [-0.25, -0.2) is 4.79 Å². The van der Waals surface area contributed by atoms with E-state index in [2.05, 4.69) is 10.2 Å². The molecule has 0 aliphatic heterocycles. The third-order valence-corrected chi connectivity index (χ3v) is 1.92. The van der Waals surface area contributed by atoms with Crippen molar-refractivity contribution in [3.05, 3.63) is 36.2 Å². The van der Waals surface area contributed by atoms with Crippen LogP contribution in [0.2, 0.25) is 0 Å². The summed E-state index contributed by atoms with van der Waals surface area (Å²) in [5, 5.41) is 16.7. The minimum Gasteiger partial charge on any atom is -0.478 e. The van der Waals surface area contributed by atoms with Gasteiger partial charge in [-0.05, 0) is 12.1 Å². The number of aromatic carboxylic acids is 1. The second kappa shape index (κ2) is 3.41. The third-order valence-electron chi connectivity index (χ3n) is 1.92. The van der Waals surface area contributed by atoms with Gasteiger partial charge in [0.15, 0.2) is 0 Å². The average molecular weight is 204 g/mol. The zero-order valence-corrected chi connectivity index (χ0v) is 7.66. The Labute approximate surface area is 84.9 Å². The van der Waals surface area contributed by atoms with Crippen molar-refractivity contribution in [2.45, 2.75) is 0 Å². The van der Waals surface area contributed by atoms with E-state index in [1.54, 1.807) is 12.1 Å². The second-order valence-corrected chi connectivity index (χ2v) is 2.87. The molecule has 15 heavy (non-hydrogen) atoms. The van der Waals surface area contributed by atoms with Crippen molar-refractivity contribution in [2.75, 3.05) is 5.73 Å². The standard InChI is InChI=1S/C9H8N4O2/c10-7-3-1-2-6(9(14)15)8(7)13-11-4-5-12-13/h1-5H,10H2,(H,14,15). The van der Waals surface area contributed by atoms with E-state index in [9.17, 15) is 4.79 Å². The van der Waals surface area contributed by atoms with E-state index in [0.29, 0.717) is 5.69 Å². The normalized spacial score (nSPS) is 10.1. The number of nitrogens with two attached hydrogens (primary N) is 1. The van der Waals surface area contributed by atoms with Gasteiger partial charge in [0, 0.05) is 0 Å². The molecule has 0 saturated heterocycles. The molecule has 1 heterocycles. The molecule has 76 valence electrons. The molecule has 0 unspecified atom stereocenters. The van der Waals surface area contributed by atoms with Gasteiger partial charge in [-0.1, -0.05) is 6.07 Å². The Balaban J connectivity index is 2.68. The van der Waals surface area contributed by atoms with Gasteiger partial charge in [-0.3, -0.25) is 0 Å². The first kappa shape index (κ1) is 9.20. The fourth-order valence-corrected chi connectivity index (χ4v) is 1.29. The minimum atomic E-state index is -1.06. The molecule has 0 aliphatic rings. The molecular weight excluding hydrogens is 196 g/mol. The Bertz CT molecular complexity index is 493. The Morgan fingerprint density at radius 1 is 1.33 bits per heavy atom. The highest BCUT2D eigenvalue weighted by Gasteiger charge is 2.15. The maximum atomic E-state index is 10.9. The number of carboxylic acids is 1. The molecule has 0 amide bonds. The van der Waals surface area contributed by atoms with Crippen LogP contribution in [0, 0.1) is 0 Å². The van der Waals surface area contributed by atoms with E-state index in [4.69, 9.17) is 10.8 Å². The fourth-order valence-electron chi connectivity index (χ4n) is 1.29. The summed E-state index contributed by atoms with van der Waals surface area (Å²) in [5.74, 6) is -1.06. The largest absolute Gasteiger partial charge is 0.478 e. The summed E-state index contributed by atoms with van der Waals surface area (Å²) >= 11 is 0. The van der Waals surface area contributed by atoms with Gasteiger partial charge >= 0.3 is 5.97 Å². The Kier molecular flexibility index (Phi) is 2.09. The van der Waals surface area contributed by atoms with E-state index in [0.717, 1.165) is 0 Å². The molecule has 2 aromatic rings. The molecule has 0 radical (unpaired) electrons. The SMILES string of the molecule is Nc1cccc(C(=O)O)c1-n1nccn1. The predicted molar refractivity (Wildman–Crippen MR) is 52.7 cm³/mol. The van der Waals surface area contributed by atoms with Gasteiger partial charge in [0.2, 0.25) is 0 Å². The number of anilines is 1. The fraction of sp³-hybridized carbons (Fsp3) is 0. The van der Waals surface area contributed by atoms with Gasteiger partial charge in [0.1, 0.15) is 5.69 Å². The molecular formula is C9H8N4O2. The van der Waals surface area contributed by atoms with E-state index in [1.165, 1.54) is 23.3 Å². The molecule has 0 fully saturated rings. The number of benzene rings is 1. The molecule has 0 spiro atoms. The van der Waals surface area contributed by atoms with Crippen molar-refractivity contribution in [1.29, 1.82) is 0 Å². The van der Waals surface area contributed by atoms with Crippen LogP contribution in [0.4, 0.5) is 5.69 Å². The van der Waals surface area contributed by atoms with Crippen LogP contribution in [-0.2, 0) is 0 Å². The smallest absolute Gasteiger partial charge is 0.338 e. The number of aromatic nitrogens is 3. The Hall–Kier alpha value is -2.37. The highest BCUT2D eigenvalue weighted by molar-refractivity contribution is 5.94. The molecule has 0 atom stereocenters. The van der Waals surface area contributed by atoms with Crippen LogP contribution >= 0.6 is 0 Å². The first-order valence-electron chi connectivity index (χ1n) is 4.18. The summed E-state index contributed by atoms with van der Waals surface area (Å²) in [6.07, 6.45) is 2.91. The van der Waals surface area contributed by atoms with Crippen LogP contribution in [0.1, 0.15) is 10.4 Å². The highest BCUT2D eigenvalue weighted by Crippen LogP contribution is 2.20. The van der Waals surface area contributed by atoms with Crippen LogP contribution in [-0.4, -0.2) is 26.1 Å². The molecule has 0 saturated carbocycles. The zero-order valence-electron chi connectivity index (χ0n) is 7.66. The van der Waals surface area contributed by atoms with Gasteiger partial charge in [0.25, 0.3) is 0 Å². The number of carbonyl (C=O) groups is 1. The van der Waals surface area contributed by atoms with Crippen molar-refractivity contribution in [2.24, 2.45) is 0 Å². The van der Waals surface area contributed by atoms with Crippen LogP contribution in [0.25, 0.3) is 5.69 Å². The van der Waals surface area contributed by atoms with E-state index in [-0.39, 0.29) is 11.3 Å². The predicted octanol–water partition coefficient (Wildman–Crippen LogP) is 0.548. The monoisotopic (exact) mass is 204 g/mol. The molecule has 1 aromatic heterocycles. The molecule has 6 heteroatoms. The number of carboxylic acid groups (broad SMARTS) is 1.